The van der Waals surface area contributed by atoms with E-state index in [4.69, 9.17) is 16.3 Å². The van der Waals surface area contributed by atoms with Crippen LogP contribution in [0, 0.1) is 13.8 Å². The predicted molar refractivity (Wildman–Crippen MR) is 87.2 cm³/mol. The molecule has 2 rings (SSSR count). The van der Waals surface area contributed by atoms with Crippen LogP contribution in [0.1, 0.15) is 35.3 Å². The summed E-state index contributed by atoms with van der Waals surface area (Å²) in [7, 11) is 1.70. The zero-order valence-electron chi connectivity index (χ0n) is 12.9. The molecule has 0 spiro atoms. The molecule has 112 valence electrons. The molecule has 3 nitrogen and oxygen atoms in total. The third-order valence-electron chi connectivity index (χ3n) is 3.69. The van der Waals surface area contributed by atoms with Crippen LogP contribution in [-0.4, -0.2) is 18.6 Å². The van der Waals surface area contributed by atoms with Gasteiger partial charge in [-0.15, -0.1) is 0 Å². The van der Waals surface area contributed by atoms with E-state index >= 15 is 0 Å². The second kappa shape index (κ2) is 6.92. The molecule has 1 aromatic heterocycles. The average molecular weight is 305 g/mol. The molecule has 0 saturated heterocycles. The van der Waals surface area contributed by atoms with Gasteiger partial charge in [0.2, 0.25) is 0 Å². The number of rotatable bonds is 5. The molecule has 0 aliphatic carbocycles. The SMILES string of the molecule is CCNC(c1ccc(C)c(C)c1OC)c1ncccc1Cl. The second-order valence-corrected chi connectivity index (χ2v) is 5.40. The van der Waals surface area contributed by atoms with Crippen LogP contribution in [0.25, 0.3) is 0 Å². The predicted octanol–water partition coefficient (Wildman–Crippen LogP) is 4.06. The van der Waals surface area contributed by atoms with Crippen LogP contribution in [0.15, 0.2) is 30.5 Å². The Labute approximate surface area is 131 Å². The summed E-state index contributed by atoms with van der Waals surface area (Å²) in [4.78, 5) is 4.45. The zero-order chi connectivity index (χ0) is 15.4. The molecule has 0 radical (unpaired) electrons. The molecule has 0 aliphatic rings. The van der Waals surface area contributed by atoms with Gasteiger partial charge in [-0.1, -0.05) is 30.7 Å². The number of aromatic nitrogens is 1. The first-order valence-corrected chi connectivity index (χ1v) is 7.45. The monoisotopic (exact) mass is 304 g/mol. The first-order chi connectivity index (χ1) is 10.1. The summed E-state index contributed by atoms with van der Waals surface area (Å²) in [6.07, 6.45) is 1.76. The van der Waals surface area contributed by atoms with E-state index in [1.54, 1.807) is 13.3 Å². The van der Waals surface area contributed by atoms with Gasteiger partial charge in [-0.25, -0.2) is 0 Å². The lowest BCUT2D eigenvalue weighted by Gasteiger charge is -2.23. The highest BCUT2D eigenvalue weighted by Gasteiger charge is 2.22. The van der Waals surface area contributed by atoms with Gasteiger partial charge in [0.05, 0.1) is 23.9 Å². The summed E-state index contributed by atoms with van der Waals surface area (Å²) < 4.78 is 5.63. The van der Waals surface area contributed by atoms with E-state index in [0.29, 0.717) is 5.02 Å². The first-order valence-electron chi connectivity index (χ1n) is 7.08. The Morgan fingerprint density at radius 3 is 2.67 bits per heavy atom. The topological polar surface area (TPSA) is 34.1 Å². The maximum Gasteiger partial charge on any atom is 0.127 e. The number of halogens is 1. The molecular weight excluding hydrogens is 284 g/mol. The number of benzene rings is 1. The molecule has 1 aromatic carbocycles. The van der Waals surface area contributed by atoms with Crippen molar-refractivity contribution in [3.63, 3.8) is 0 Å². The minimum atomic E-state index is -0.0852. The Bertz CT molecular complexity index is 628. The lowest BCUT2D eigenvalue weighted by atomic mass is 9.96. The second-order valence-electron chi connectivity index (χ2n) is 4.99. The minimum Gasteiger partial charge on any atom is -0.496 e. The van der Waals surface area contributed by atoms with Gasteiger partial charge < -0.3 is 10.1 Å². The van der Waals surface area contributed by atoms with E-state index in [0.717, 1.165) is 29.1 Å². The smallest absolute Gasteiger partial charge is 0.127 e. The van der Waals surface area contributed by atoms with E-state index in [2.05, 4.69) is 43.2 Å². The molecule has 1 N–H and O–H groups in total. The molecule has 0 amide bonds. The van der Waals surface area contributed by atoms with E-state index in [1.807, 2.05) is 12.1 Å². The number of nitrogens with zero attached hydrogens (tertiary/aromatic N) is 1. The van der Waals surface area contributed by atoms with E-state index in [1.165, 1.54) is 5.56 Å². The van der Waals surface area contributed by atoms with Crippen molar-refractivity contribution in [3.05, 3.63) is 57.9 Å². The van der Waals surface area contributed by atoms with Gasteiger partial charge >= 0.3 is 0 Å². The first kappa shape index (κ1) is 15.8. The summed E-state index contributed by atoms with van der Waals surface area (Å²) in [5, 5.41) is 4.11. The molecular formula is C17H21ClN2O. The molecule has 0 fully saturated rings. The summed E-state index contributed by atoms with van der Waals surface area (Å²) in [6.45, 7) is 7.03. The Balaban J connectivity index is 2.59. The van der Waals surface area contributed by atoms with Crippen molar-refractivity contribution in [2.75, 3.05) is 13.7 Å². The maximum atomic E-state index is 6.33. The number of methoxy groups -OCH3 is 1. The zero-order valence-corrected chi connectivity index (χ0v) is 13.7. The van der Waals surface area contributed by atoms with Crippen molar-refractivity contribution in [1.29, 1.82) is 0 Å². The summed E-state index contributed by atoms with van der Waals surface area (Å²) in [6, 6.07) is 7.81. The third kappa shape index (κ3) is 3.20. The van der Waals surface area contributed by atoms with Crippen LogP contribution < -0.4 is 10.1 Å². The van der Waals surface area contributed by atoms with Gasteiger partial charge in [0.25, 0.3) is 0 Å². The molecule has 4 heteroatoms. The number of aryl methyl sites for hydroxylation is 1. The highest BCUT2D eigenvalue weighted by Crippen LogP contribution is 2.35. The van der Waals surface area contributed by atoms with Crippen LogP contribution >= 0.6 is 11.6 Å². The number of nitrogens with one attached hydrogen (secondary N) is 1. The molecule has 2 aromatic rings. The van der Waals surface area contributed by atoms with Crippen molar-refractivity contribution in [1.82, 2.24) is 10.3 Å². The highest BCUT2D eigenvalue weighted by atomic mass is 35.5. The Morgan fingerprint density at radius 1 is 1.29 bits per heavy atom. The molecule has 1 heterocycles. The fourth-order valence-electron chi connectivity index (χ4n) is 2.48. The molecule has 1 unspecified atom stereocenters. The van der Waals surface area contributed by atoms with Crippen LogP contribution in [0.5, 0.6) is 5.75 Å². The van der Waals surface area contributed by atoms with Crippen molar-refractivity contribution in [2.45, 2.75) is 26.8 Å². The maximum absolute atomic E-state index is 6.33. The van der Waals surface area contributed by atoms with Gasteiger partial charge in [0, 0.05) is 11.8 Å². The number of hydrogen-bond donors (Lipinski definition) is 1. The molecule has 0 aliphatic heterocycles. The van der Waals surface area contributed by atoms with Crippen molar-refractivity contribution in [2.24, 2.45) is 0 Å². The van der Waals surface area contributed by atoms with E-state index in [9.17, 15) is 0 Å². The van der Waals surface area contributed by atoms with Crippen LogP contribution in [0.2, 0.25) is 5.02 Å². The number of pyridine rings is 1. The van der Waals surface area contributed by atoms with Crippen molar-refractivity contribution < 1.29 is 4.74 Å². The average Bonchev–Trinajstić information content (AvgIpc) is 2.48. The van der Waals surface area contributed by atoms with Crippen LogP contribution in [0.3, 0.4) is 0 Å². The van der Waals surface area contributed by atoms with Crippen LogP contribution in [-0.2, 0) is 0 Å². The van der Waals surface area contributed by atoms with Gasteiger partial charge in [-0.05, 0) is 43.7 Å². The fourth-order valence-corrected chi connectivity index (χ4v) is 2.71. The third-order valence-corrected chi connectivity index (χ3v) is 4.01. The van der Waals surface area contributed by atoms with Crippen molar-refractivity contribution in [3.8, 4) is 5.75 Å². The molecule has 1 atom stereocenters. The number of ether oxygens (including phenoxy) is 1. The quantitative estimate of drug-likeness (QED) is 0.904. The van der Waals surface area contributed by atoms with Gasteiger partial charge in [-0.3, -0.25) is 4.98 Å². The molecule has 0 bridgehead atoms. The Kier molecular flexibility index (Phi) is 5.21. The lowest BCUT2D eigenvalue weighted by Crippen LogP contribution is -2.24. The molecule has 0 saturated carbocycles. The standard InChI is InChI=1S/C17H21ClN2O/c1-5-19-15(16-14(18)7-6-10-20-16)13-9-8-11(2)12(3)17(13)21-4/h6-10,15,19H,5H2,1-4H3. The normalized spacial score (nSPS) is 12.2. The lowest BCUT2D eigenvalue weighted by molar-refractivity contribution is 0.400. The highest BCUT2D eigenvalue weighted by molar-refractivity contribution is 6.31. The fraction of sp³-hybridized carbons (Fsp3) is 0.353. The summed E-state index contributed by atoms with van der Waals surface area (Å²) >= 11 is 6.33. The van der Waals surface area contributed by atoms with Crippen molar-refractivity contribution >= 4 is 11.6 Å². The van der Waals surface area contributed by atoms with Gasteiger partial charge in [0.1, 0.15) is 5.75 Å². The van der Waals surface area contributed by atoms with Crippen LogP contribution in [0.4, 0.5) is 0 Å². The number of hydrogen-bond acceptors (Lipinski definition) is 3. The van der Waals surface area contributed by atoms with Gasteiger partial charge in [0.15, 0.2) is 0 Å². The summed E-state index contributed by atoms with van der Waals surface area (Å²) in [5.41, 5.74) is 4.23. The Morgan fingerprint density at radius 2 is 2.05 bits per heavy atom. The molecule has 21 heavy (non-hydrogen) atoms. The van der Waals surface area contributed by atoms with Gasteiger partial charge in [-0.2, -0.15) is 0 Å². The van der Waals surface area contributed by atoms with E-state index < -0.39 is 0 Å². The Hall–Kier alpha value is -1.58. The minimum absolute atomic E-state index is 0.0852. The van der Waals surface area contributed by atoms with E-state index in [-0.39, 0.29) is 6.04 Å². The summed E-state index contributed by atoms with van der Waals surface area (Å²) in [5.74, 6) is 0.891. The largest absolute Gasteiger partial charge is 0.496 e.